The second-order valence-electron chi connectivity index (χ2n) is 7.85. The summed E-state index contributed by atoms with van der Waals surface area (Å²) >= 11 is 0. The average Bonchev–Trinajstić information content (AvgIpc) is 2.43. The number of rotatable bonds is 6. The molecule has 2 rings (SSSR count). The first-order chi connectivity index (χ1) is 9.83. The molecule has 4 heteroatoms. The Morgan fingerprint density at radius 3 is 2.81 bits per heavy atom. The van der Waals surface area contributed by atoms with Gasteiger partial charge in [0.25, 0.3) is 0 Å². The van der Waals surface area contributed by atoms with Crippen molar-refractivity contribution < 1.29 is 5.11 Å². The molecule has 0 aromatic carbocycles. The van der Waals surface area contributed by atoms with Crippen molar-refractivity contribution in [1.29, 1.82) is 5.41 Å². The lowest BCUT2D eigenvalue weighted by molar-refractivity contribution is -0.0953. The molecule has 21 heavy (non-hydrogen) atoms. The molecule has 122 valence electrons. The van der Waals surface area contributed by atoms with E-state index in [1.165, 1.54) is 25.7 Å². The van der Waals surface area contributed by atoms with Crippen molar-refractivity contribution in [2.75, 3.05) is 19.6 Å². The standard InChI is InChI=1S/C17H33N3O/c1-16(2,15(18)19)8-5-6-11-20-12-10-17(21)9-4-3-7-14(17)13-20/h14,21H,3-13H2,1-2H3,(H3,18,19). The maximum atomic E-state index is 10.7. The summed E-state index contributed by atoms with van der Waals surface area (Å²) in [6, 6.07) is 0. The molecule has 0 amide bonds. The van der Waals surface area contributed by atoms with Crippen LogP contribution in [0.1, 0.15) is 65.2 Å². The zero-order valence-corrected chi connectivity index (χ0v) is 13.8. The van der Waals surface area contributed by atoms with Gasteiger partial charge in [0.2, 0.25) is 0 Å². The number of piperidine rings is 1. The summed E-state index contributed by atoms with van der Waals surface area (Å²) in [7, 11) is 0. The van der Waals surface area contributed by atoms with E-state index in [9.17, 15) is 5.11 Å². The Labute approximate surface area is 129 Å². The van der Waals surface area contributed by atoms with Crippen molar-refractivity contribution >= 4 is 5.84 Å². The van der Waals surface area contributed by atoms with Gasteiger partial charge in [0.1, 0.15) is 0 Å². The predicted octanol–water partition coefficient (Wildman–Crippen LogP) is 2.75. The van der Waals surface area contributed by atoms with Crippen molar-refractivity contribution in [1.82, 2.24) is 4.90 Å². The van der Waals surface area contributed by atoms with Gasteiger partial charge in [-0.05, 0) is 38.6 Å². The van der Waals surface area contributed by atoms with Gasteiger partial charge in [-0.2, -0.15) is 0 Å². The lowest BCUT2D eigenvalue weighted by atomic mass is 9.71. The SMILES string of the molecule is CC(C)(CCCCN1CCC2(O)CCCCC2C1)C(=N)N. The molecule has 4 nitrogen and oxygen atoms in total. The number of likely N-dealkylation sites (tertiary alicyclic amines) is 1. The highest BCUT2D eigenvalue weighted by Gasteiger charge is 2.42. The smallest absolute Gasteiger partial charge is 0.0963 e. The van der Waals surface area contributed by atoms with Gasteiger partial charge in [0.15, 0.2) is 0 Å². The third-order valence-corrected chi connectivity index (χ3v) is 5.77. The zero-order valence-electron chi connectivity index (χ0n) is 13.8. The summed E-state index contributed by atoms with van der Waals surface area (Å²) in [5.41, 5.74) is 5.11. The first-order valence-electron chi connectivity index (χ1n) is 8.63. The molecular weight excluding hydrogens is 262 g/mol. The molecule has 4 N–H and O–H groups in total. The number of fused-ring (bicyclic) bond motifs is 1. The van der Waals surface area contributed by atoms with Crippen molar-refractivity contribution in [2.24, 2.45) is 17.1 Å². The topological polar surface area (TPSA) is 73.3 Å². The third-order valence-electron chi connectivity index (χ3n) is 5.77. The molecule has 0 aromatic rings. The van der Waals surface area contributed by atoms with Crippen LogP contribution in [0.5, 0.6) is 0 Å². The fourth-order valence-electron chi connectivity index (χ4n) is 3.88. The molecule has 0 spiro atoms. The van der Waals surface area contributed by atoms with E-state index >= 15 is 0 Å². The highest BCUT2D eigenvalue weighted by molar-refractivity contribution is 5.82. The van der Waals surface area contributed by atoms with Gasteiger partial charge in [0.05, 0.1) is 11.4 Å². The number of amidine groups is 1. The molecule has 2 unspecified atom stereocenters. The van der Waals surface area contributed by atoms with Crippen LogP contribution in [0.25, 0.3) is 0 Å². The maximum Gasteiger partial charge on any atom is 0.0963 e. The number of aliphatic hydroxyl groups is 1. The van der Waals surface area contributed by atoms with E-state index in [-0.39, 0.29) is 11.0 Å². The van der Waals surface area contributed by atoms with E-state index in [1.807, 2.05) is 0 Å². The Hall–Kier alpha value is -0.610. The monoisotopic (exact) mass is 295 g/mol. The minimum Gasteiger partial charge on any atom is -0.390 e. The number of hydrogen-bond acceptors (Lipinski definition) is 3. The first-order valence-corrected chi connectivity index (χ1v) is 8.63. The summed E-state index contributed by atoms with van der Waals surface area (Å²) in [5, 5.41) is 18.3. The summed E-state index contributed by atoms with van der Waals surface area (Å²) in [6.45, 7) is 7.35. The average molecular weight is 295 g/mol. The lowest BCUT2D eigenvalue weighted by Gasteiger charge is -2.47. The number of nitrogens with zero attached hydrogens (tertiary/aromatic N) is 1. The van der Waals surface area contributed by atoms with Crippen LogP contribution in [0, 0.1) is 16.7 Å². The Kier molecular flexibility index (Phi) is 5.31. The number of nitrogens with one attached hydrogen (secondary N) is 1. The van der Waals surface area contributed by atoms with Gasteiger partial charge in [-0.3, -0.25) is 5.41 Å². The van der Waals surface area contributed by atoms with E-state index in [2.05, 4.69) is 18.7 Å². The fraction of sp³-hybridized carbons (Fsp3) is 0.941. The second kappa shape index (κ2) is 6.66. The molecule has 1 saturated heterocycles. The molecule has 1 saturated carbocycles. The van der Waals surface area contributed by atoms with Crippen LogP contribution in [0.15, 0.2) is 0 Å². The van der Waals surface area contributed by atoms with Gasteiger partial charge in [-0.15, -0.1) is 0 Å². The first kappa shape index (κ1) is 16.8. The van der Waals surface area contributed by atoms with E-state index in [0.717, 1.165) is 45.3 Å². The Bertz CT molecular complexity index is 369. The van der Waals surface area contributed by atoms with Crippen molar-refractivity contribution in [3.05, 3.63) is 0 Å². The highest BCUT2D eigenvalue weighted by atomic mass is 16.3. The van der Waals surface area contributed by atoms with Crippen LogP contribution in [0.4, 0.5) is 0 Å². The Morgan fingerprint density at radius 2 is 2.10 bits per heavy atom. The molecule has 1 aliphatic carbocycles. The molecule has 1 heterocycles. The number of hydrogen-bond donors (Lipinski definition) is 3. The van der Waals surface area contributed by atoms with Crippen molar-refractivity contribution in [2.45, 2.75) is 70.8 Å². The van der Waals surface area contributed by atoms with E-state index in [4.69, 9.17) is 11.1 Å². The van der Waals surface area contributed by atoms with E-state index in [1.54, 1.807) is 0 Å². The van der Waals surface area contributed by atoms with Gasteiger partial charge in [-0.25, -0.2) is 0 Å². The van der Waals surface area contributed by atoms with Crippen LogP contribution in [0.3, 0.4) is 0 Å². The number of nitrogens with two attached hydrogens (primary N) is 1. The van der Waals surface area contributed by atoms with Crippen LogP contribution in [-0.2, 0) is 0 Å². The highest BCUT2D eigenvalue weighted by Crippen LogP contribution is 2.39. The molecule has 2 fully saturated rings. The molecule has 0 bridgehead atoms. The molecule has 2 aliphatic rings. The predicted molar refractivity (Wildman–Crippen MR) is 87.5 cm³/mol. The summed E-state index contributed by atoms with van der Waals surface area (Å²) in [6.07, 6.45) is 8.93. The third kappa shape index (κ3) is 4.19. The summed E-state index contributed by atoms with van der Waals surface area (Å²) in [4.78, 5) is 2.53. The van der Waals surface area contributed by atoms with Gasteiger partial charge >= 0.3 is 0 Å². The van der Waals surface area contributed by atoms with Crippen molar-refractivity contribution in [3.63, 3.8) is 0 Å². The quantitative estimate of drug-likeness (QED) is 0.401. The fourth-order valence-corrected chi connectivity index (χ4v) is 3.88. The Morgan fingerprint density at radius 1 is 1.33 bits per heavy atom. The zero-order chi connectivity index (χ0) is 15.5. The molecular formula is C17H33N3O. The Balaban J connectivity index is 1.70. The molecule has 0 aromatic heterocycles. The number of unbranched alkanes of at least 4 members (excludes halogenated alkanes) is 1. The minimum absolute atomic E-state index is 0.161. The van der Waals surface area contributed by atoms with Gasteiger partial charge in [0, 0.05) is 24.4 Å². The van der Waals surface area contributed by atoms with Crippen LogP contribution in [0.2, 0.25) is 0 Å². The van der Waals surface area contributed by atoms with Gasteiger partial charge in [-0.1, -0.05) is 33.1 Å². The van der Waals surface area contributed by atoms with Crippen molar-refractivity contribution in [3.8, 4) is 0 Å². The largest absolute Gasteiger partial charge is 0.390 e. The maximum absolute atomic E-state index is 10.7. The summed E-state index contributed by atoms with van der Waals surface area (Å²) < 4.78 is 0. The van der Waals surface area contributed by atoms with E-state index < -0.39 is 0 Å². The summed E-state index contributed by atoms with van der Waals surface area (Å²) in [5.74, 6) is 0.793. The van der Waals surface area contributed by atoms with Crippen LogP contribution in [-0.4, -0.2) is 41.1 Å². The molecule has 1 aliphatic heterocycles. The molecule has 0 radical (unpaired) electrons. The lowest BCUT2D eigenvalue weighted by Crippen LogP contribution is -2.53. The van der Waals surface area contributed by atoms with Crippen LogP contribution < -0.4 is 5.73 Å². The minimum atomic E-state index is -0.356. The normalized spacial score (nSPS) is 30.9. The second-order valence-corrected chi connectivity index (χ2v) is 7.85. The van der Waals surface area contributed by atoms with Crippen LogP contribution >= 0.6 is 0 Å². The molecule has 2 atom stereocenters. The van der Waals surface area contributed by atoms with Gasteiger partial charge < -0.3 is 15.7 Å². The van der Waals surface area contributed by atoms with E-state index in [0.29, 0.717) is 11.8 Å².